The molecule has 0 radical (unpaired) electrons. The van der Waals surface area contributed by atoms with Crippen molar-refractivity contribution in [2.45, 2.75) is 5.88 Å². The molecule has 4 heteroatoms. The number of para-hydroxylation sites is 1. The second kappa shape index (κ2) is 3.21. The van der Waals surface area contributed by atoms with Crippen molar-refractivity contribution < 1.29 is 0 Å². The highest BCUT2D eigenvalue weighted by Crippen LogP contribution is 2.28. The number of nitrogens with zero attached hydrogens (tertiary/aromatic N) is 1. The maximum Gasteiger partial charge on any atom is 0.109 e. The van der Waals surface area contributed by atoms with Gasteiger partial charge < -0.3 is 0 Å². The summed E-state index contributed by atoms with van der Waals surface area (Å²) in [6.45, 7) is 0. The van der Waals surface area contributed by atoms with Gasteiger partial charge in [-0.05, 0) is 12.1 Å². The van der Waals surface area contributed by atoms with Gasteiger partial charge in [0, 0.05) is 0 Å². The number of hydrogen-bond donors (Lipinski definition) is 0. The third-order valence-electron chi connectivity index (χ3n) is 1.53. The molecule has 0 aliphatic carbocycles. The molecule has 62 valence electrons. The molecule has 1 aromatic heterocycles. The molecule has 0 atom stereocenters. The monoisotopic (exact) mass is 217 g/mol. The van der Waals surface area contributed by atoms with E-state index in [1.165, 1.54) is 0 Å². The highest BCUT2D eigenvalue weighted by atomic mass is 35.5. The number of thiazole rings is 1. The second-order valence-corrected chi connectivity index (χ2v) is 4.12. The summed E-state index contributed by atoms with van der Waals surface area (Å²) in [5.41, 5.74) is 0.861. The summed E-state index contributed by atoms with van der Waals surface area (Å²) in [5, 5.41) is 1.61. The van der Waals surface area contributed by atoms with Crippen molar-refractivity contribution in [2.75, 3.05) is 0 Å². The number of fused-ring (bicyclic) bond motifs is 1. The van der Waals surface area contributed by atoms with Gasteiger partial charge in [-0.2, -0.15) is 0 Å². The Kier molecular flexibility index (Phi) is 2.22. The first-order valence-corrected chi connectivity index (χ1v) is 5.14. The van der Waals surface area contributed by atoms with Gasteiger partial charge in [0.05, 0.1) is 15.6 Å². The van der Waals surface area contributed by atoms with Gasteiger partial charge in [0.15, 0.2) is 0 Å². The minimum absolute atomic E-state index is 0.454. The van der Waals surface area contributed by atoms with Crippen molar-refractivity contribution in [3.63, 3.8) is 0 Å². The number of benzene rings is 1. The lowest BCUT2D eigenvalue weighted by atomic mass is 10.3. The first-order chi connectivity index (χ1) is 5.81. The predicted molar refractivity (Wildman–Crippen MR) is 54.2 cm³/mol. The Balaban J connectivity index is 2.74. The van der Waals surface area contributed by atoms with Gasteiger partial charge in [-0.15, -0.1) is 22.9 Å². The number of hydrogen-bond acceptors (Lipinski definition) is 2. The lowest BCUT2D eigenvalue weighted by Crippen LogP contribution is -1.73. The number of rotatable bonds is 1. The Bertz CT molecular complexity index is 410. The van der Waals surface area contributed by atoms with Crippen LogP contribution in [0.5, 0.6) is 0 Å². The molecule has 0 unspecified atom stereocenters. The molecule has 0 N–H and O–H groups in total. The molecule has 0 amide bonds. The number of aromatic nitrogens is 1. The molecule has 0 bridgehead atoms. The van der Waals surface area contributed by atoms with Crippen molar-refractivity contribution in [1.82, 2.24) is 4.98 Å². The van der Waals surface area contributed by atoms with Gasteiger partial charge in [0.2, 0.25) is 0 Å². The SMILES string of the molecule is ClCc1nc2c(Cl)cccc2s1. The fraction of sp³-hybridized carbons (Fsp3) is 0.125. The molecule has 2 aromatic rings. The Labute approximate surface area is 83.9 Å². The summed E-state index contributed by atoms with van der Waals surface area (Å²) in [4.78, 5) is 4.29. The van der Waals surface area contributed by atoms with Crippen LogP contribution in [-0.4, -0.2) is 4.98 Å². The average molecular weight is 218 g/mol. The fourth-order valence-corrected chi connectivity index (χ4v) is 2.36. The summed E-state index contributed by atoms with van der Waals surface area (Å²) < 4.78 is 1.10. The first kappa shape index (κ1) is 8.30. The summed E-state index contributed by atoms with van der Waals surface area (Å²) in [6, 6.07) is 5.75. The minimum Gasteiger partial charge on any atom is -0.238 e. The van der Waals surface area contributed by atoms with Crippen LogP contribution in [0, 0.1) is 0 Å². The van der Waals surface area contributed by atoms with E-state index < -0.39 is 0 Å². The summed E-state index contributed by atoms with van der Waals surface area (Å²) in [6.07, 6.45) is 0. The van der Waals surface area contributed by atoms with Gasteiger partial charge in [-0.25, -0.2) is 4.98 Å². The molecule has 0 saturated heterocycles. The molecular weight excluding hydrogens is 213 g/mol. The number of alkyl halides is 1. The van der Waals surface area contributed by atoms with E-state index in [-0.39, 0.29) is 0 Å². The molecule has 2 rings (SSSR count). The van der Waals surface area contributed by atoms with E-state index in [1.807, 2.05) is 18.2 Å². The van der Waals surface area contributed by atoms with Crippen LogP contribution in [0.3, 0.4) is 0 Å². The van der Waals surface area contributed by atoms with E-state index in [4.69, 9.17) is 23.2 Å². The van der Waals surface area contributed by atoms with E-state index >= 15 is 0 Å². The Morgan fingerprint density at radius 1 is 1.42 bits per heavy atom. The quantitative estimate of drug-likeness (QED) is 0.665. The van der Waals surface area contributed by atoms with Crippen LogP contribution in [0.4, 0.5) is 0 Å². The van der Waals surface area contributed by atoms with Crippen LogP contribution in [0.15, 0.2) is 18.2 Å². The van der Waals surface area contributed by atoms with Gasteiger partial charge in [-0.1, -0.05) is 17.7 Å². The Morgan fingerprint density at radius 3 is 2.92 bits per heavy atom. The largest absolute Gasteiger partial charge is 0.238 e. The van der Waals surface area contributed by atoms with Crippen molar-refractivity contribution in [2.24, 2.45) is 0 Å². The Morgan fingerprint density at radius 2 is 2.25 bits per heavy atom. The number of halogens is 2. The molecule has 1 aromatic carbocycles. The standard InChI is InChI=1S/C8H5Cl2NS/c9-4-7-11-8-5(10)2-1-3-6(8)12-7/h1-3H,4H2. The maximum absolute atomic E-state index is 5.93. The summed E-state index contributed by atoms with van der Waals surface area (Å²) in [5.74, 6) is 0.454. The molecule has 1 nitrogen and oxygen atoms in total. The van der Waals surface area contributed by atoms with E-state index in [1.54, 1.807) is 11.3 Å². The maximum atomic E-state index is 5.93. The zero-order valence-corrected chi connectivity index (χ0v) is 8.38. The minimum atomic E-state index is 0.454. The van der Waals surface area contributed by atoms with Gasteiger partial charge in [-0.3, -0.25) is 0 Å². The van der Waals surface area contributed by atoms with Crippen molar-refractivity contribution in [1.29, 1.82) is 0 Å². The zero-order chi connectivity index (χ0) is 8.55. The van der Waals surface area contributed by atoms with Crippen molar-refractivity contribution in [3.8, 4) is 0 Å². The smallest absolute Gasteiger partial charge is 0.109 e. The predicted octanol–water partition coefficient (Wildman–Crippen LogP) is 3.69. The lowest BCUT2D eigenvalue weighted by molar-refractivity contribution is 1.30. The third kappa shape index (κ3) is 1.30. The van der Waals surface area contributed by atoms with Gasteiger partial charge in [0.1, 0.15) is 10.5 Å². The molecule has 0 spiro atoms. The van der Waals surface area contributed by atoms with E-state index in [9.17, 15) is 0 Å². The van der Waals surface area contributed by atoms with Gasteiger partial charge >= 0.3 is 0 Å². The molecule has 12 heavy (non-hydrogen) atoms. The van der Waals surface area contributed by atoms with Crippen molar-refractivity contribution in [3.05, 3.63) is 28.2 Å². The third-order valence-corrected chi connectivity index (χ3v) is 3.27. The van der Waals surface area contributed by atoms with Crippen LogP contribution < -0.4 is 0 Å². The fourth-order valence-electron chi connectivity index (χ4n) is 1.02. The lowest BCUT2D eigenvalue weighted by Gasteiger charge is -1.88. The molecule has 0 fully saturated rings. The van der Waals surface area contributed by atoms with E-state index in [0.717, 1.165) is 15.2 Å². The average Bonchev–Trinajstić information content (AvgIpc) is 2.49. The highest BCUT2D eigenvalue weighted by molar-refractivity contribution is 7.18. The molecule has 0 saturated carbocycles. The van der Waals surface area contributed by atoms with Crippen LogP contribution in [0.2, 0.25) is 5.02 Å². The molecule has 0 aliphatic heterocycles. The molecule has 1 heterocycles. The Hall–Kier alpha value is -0.310. The highest BCUT2D eigenvalue weighted by Gasteiger charge is 2.04. The molecule has 0 aliphatic rings. The van der Waals surface area contributed by atoms with E-state index in [2.05, 4.69) is 4.98 Å². The van der Waals surface area contributed by atoms with Crippen LogP contribution >= 0.6 is 34.5 Å². The van der Waals surface area contributed by atoms with Crippen LogP contribution in [-0.2, 0) is 5.88 Å². The summed E-state index contributed by atoms with van der Waals surface area (Å²) >= 11 is 13.2. The van der Waals surface area contributed by atoms with Gasteiger partial charge in [0.25, 0.3) is 0 Å². The molecular formula is C8H5Cl2NS. The van der Waals surface area contributed by atoms with Crippen LogP contribution in [0.25, 0.3) is 10.2 Å². The second-order valence-electron chi connectivity index (χ2n) is 2.33. The first-order valence-electron chi connectivity index (χ1n) is 3.41. The zero-order valence-electron chi connectivity index (χ0n) is 6.05. The van der Waals surface area contributed by atoms with Crippen molar-refractivity contribution >= 4 is 44.8 Å². The summed E-state index contributed by atoms with van der Waals surface area (Å²) in [7, 11) is 0. The van der Waals surface area contributed by atoms with E-state index in [0.29, 0.717) is 10.9 Å². The van der Waals surface area contributed by atoms with Crippen LogP contribution in [0.1, 0.15) is 5.01 Å². The topological polar surface area (TPSA) is 12.9 Å². The normalized spacial score (nSPS) is 10.8.